The van der Waals surface area contributed by atoms with Crippen LogP contribution in [-0.4, -0.2) is 85.2 Å². The Morgan fingerprint density at radius 2 is 1.70 bits per heavy atom. The second-order valence-corrected chi connectivity index (χ2v) is 9.46. The molecule has 1 aromatic heterocycles. The number of fused-ring (bicyclic) bond motifs is 1. The lowest BCUT2D eigenvalue weighted by atomic mass is 10.0. The van der Waals surface area contributed by atoms with Crippen molar-refractivity contribution in [3.8, 4) is 5.75 Å². The number of hydrogen-bond donors (Lipinski definition) is 0. The smallest absolute Gasteiger partial charge is 0.257 e. The second-order valence-electron chi connectivity index (χ2n) is 9.46. The van der Waals surface area contributed by atoms with E-state index in [4.69, 9.17) is 9.47 Å². The molecule has 5 rings (SSSR count). The Hall–Kier alpha value is -2.87. The number of nitrogens with zero attached hydrogens (tertiary/aromatic N) is 4. The molecule has 33 heavy (non-hydrogen) atoms. The molecule has 176 valence electrons. The number of amides is 2. The summed E-state index contributed by atoms with van der Waals surface area (Å²) in [6.07, 6.45) is 3.83. The number of morpholine rings is 1. The highest BCUT2D eigenvalue weighted by atomic mass is 16.5. The summed E-state index contributed by atoms with van der Waals surface area (Å²) < 4.78 is 11.4. The molecule has 8 heteroatoms. The van der Waals surface area contributed by atoms with E-state index in [2.05, 4.69) is 23.7 Å². The van der Waals surface area contributed by atoms with Gasteiger partial charge in [0.05, 0.1) is 36.1 Å². The van der Waals surface area contributed by atoms with Gasteiger partial charge in [0.25, 0.3) is 5.91 Å². The van der Waals surface area contributed by atoms with Crippen LogP contribution in [0.15, 0.2) is 24.4 Å². The summed E-state index contributed by atoms with van der Waals surface area (Å²) in [7, 11) is 1.64. The van der Waals surface area contributed by atoms with Gasteiger partial charge in [-0.25, -0.2) is 0 Å². The number of aromatic nitrogens is 1. The Balaban J connectivity index is 1.48. The van der Waals surface area contributed by atoms with E-state index in [1.165, 1.54) is 0 Å². The Morgan fingerprint density at radius 3 is 2.33 bits per heavy atom. The van der Waals surface area contributed by atoms with E-state index in [1.54, 1.807) is 13.3 Å². The molecule has 2 aromatic rings. The van der Waals surface area contributed by atoms with Crippen LogP contribution in [0.5, 0.6) is 5.75 Å². The van der Waals surface area contributed by atoms with Gasteiger partial charge in [-0.1, -0.05) is 0 Å². The molecule has 2 aliphatic heterocycles. The van der Waals surface area contributed by atoms with Gasteiger partial charge in [0, 0.05) is 56.8 Å². The number of carbonyl (C=O) groups excluding carboxylic acids is 2. The number of carbonyl (C=O) groups is 2. The lowest BCUT2D eigenvalue weighted by molar-refractivity contribution is -0.134. The van der Waals surface area contributed by atoms with Gasteiger partial charge < -0.3 is 24.2 Å². The van der Waals surface area contributed by atoms with Gasteiger partial charge in [-0.15, -0.1) is 0 Å². The third kappa shape index (κ3) is 4.36. The fraction of sp³-hybridized carbons (Fsp3) is 0.560. The van der Waals surface area contributed by atoms with Crippen molar-refractivity contribution in [3.63, 3.8) is 0 Å². The predicted molar refractivity (Wildman–Crippen MR) is 126 cm³/mol. The molecule has 2 amide bonds. The van der Waals surface area contributed by atoms with Gasteiger partial charge >= 0.3 is 0 Å². The van der Waals surface area contributed by atoms with Crippen LogP contribution in [0, 0.1) is 5.92 Å². The van der Waals surface area contributed by atoms with Crippen molar-refractivity contribution in [3.05, 3.63) is 30.0 Å². The van der Waals surface area contributed by atoms with Crippen molar-refractivity contribution in [2.24, 2.45) is 5.92 Å². The first-order valence-electron chi connectivity index (χ1n) is 11.9. The molecule has 3 aliphatic rings. The fourth-order valence-electron chi connectivity index (χ4n) is 5.03. The summed E-state index contributed by atoms with van der Waals surface area (Å²) in [5.74, 6) is 1.16. The summed E-state index contributed by atoms with van der Waals surface area (Å²) in [4.78, 5) is 36.8. The van der Waals surface area contributed by atoms with Crippen LogP contribution in [0.4, 0.5) is 5.69 Å². The minimum atomic E-state index is -0.0347. The van der Waals surface area contributed by atoms with Crippen LogP contribution in [0.1, 0.15) is 37.0 Å². The second kappa shape index (κ2) is 8.82. The molecular formula is C25H32N4O4. The van der Waals surface area contributed by atoms with E-state index in [-0.39, 0.29) is 29.9 Å². The SMILES string of the molecule is COc1ccc2ncc(C(=O)N3CCN(C(=O)C4CC4)CC3)c(N3C[C@@H](C)O[C@@H](C)C3)c2c1. The third-order valence-electron chi connectivity index (χ3n) is 6.82. The Morgan fingerprint density at radius 1 is 1.03 bits per heavy atom. The van der Waals surface area contributed by atoms with Crippen molar-refractivity contribution in [2.45, 2.75) is 38.9 Å². The number of anilines is 1. The van der Waals surface area contributed by atoms with Crippen LogP contribution >= 0.6 is 0 Å². The number of hydrogen-bond acceptors (Lipinski definition) is 6. The van der Waals surface area contributed by atoms with Gasteiger partial charge in [-0.2, -0.15) is 0 Å². The number of pyridine rings is 1. The number of benzene rings is 1. The van der Waals surface area contributed by atoms with E-state index < -0.39 is 0 Å². The highest BCUT2D eigenvalue weighted by Crippen LogP contribution is 2.35. The van der Waals surface area contributed by atoms with Crippen LogP contribution < -0.4 is 9.64 Å². The minimum absolute atomic E-state index is 0.0347. The summed E-state index contributed by atoms with van der Waals surface area (Å²) in [6, 6.07) is 5.79. The van der Waals surface area contributed by atoms with E-state index in [0.717, 1.165) is 35.2 Å². The van der Waals surface area contributed by atoms with Gasteiger partial charge in [0.15, 0.2) is 0 Å². The predicted octanol–water partition coefficient (Wildman–Crippen LogP) is 2.55. The topological polar surface area (TPSA) is 75.2 Å². The molecule has 0 bridgehead atoms. The number of piperazine rings is 1. The summed E-state index contributed by atoms with van der Waals surface area (Å²) in [5.41, 5.74) is 2.32. The van der Waals surface area contributed by atoms with Crippen LogP contribution in [-0.2, 0) is 9.53 Å². The van der Waals surface area contributed by atoms with Crippen molar-refractivity contribution < 1.29 is 19.1 Å². The molecule has 1 aromatic carbocycles. The maximum Gasteiger partial charge on any atom is 0.257 e. The van der Waals surface area contributed by atoms with Crippen LogP contribution in [0.2, 0.25) is 0 Å². The molecular weight excluding hydrogens is 420 g/mol. The number of rotatable bonds is 4. The summed E-state index contributed by atoms with van der Waals surface area (Å²) in [6.45, 7) is 7.79. The monoisotopic (exact) mass is 452 g/mol. The standard InChI is InChI=1S/C25H32N4O4/c1-16-14-29(15-17(2)33-16)23-20-12-19(32-3)6-7-22(20)26-13-21(23)25(31)28-10-8-27(9-11-28)24(30)18-4-5-18/h6-7,12-13,16-18H,4-5,8-11,14-15H2,1-3H3/t16-,17+. The average molecular weight is 453 g/mol. The fourth-order valence-corrected chi connectivity index (χ4v) is 5.03. The van der Waals surface area contributed by atoms with E-state index in [9.17, 15) is 9.59 Å². The zero-order valence-electron chi connectivity index (χ0n) is 19.6. The Bertz CT molecular complexity index is 1050. The molecule has 1 saturated carbocycles. The maximum atomic E-state index is 13.7. The van der Waals surface area contributed by atoms with Crippen molar-refractivity contribution in [1.29, 1.82) is 0 Å². The van der Waals surface area contributed by atoms with Gasteiger partial charge in [0.2, 0.25) is 5.91 Å². The first kappa shape index (κ1) is 21.9. The average Bonchev–Trinajstić information content (AvgIpc) is 3.67. The quantitative estimate of drug-likeness (QED) is 0.710. The molecule has 2 saturated heterocycles. The van der Waals surface area contributed by atoms with E-state index in [1.807, 2.05) is 28.0 Å². The van der Waals surface area contributed by atoms with Gasteiger partial charge in [-0.05, 0) is 44.9 Å². The van der Waals surface area contributed by atoms with Gasteiger partial charge in [0.1, 0.15) is 5.75 Å². The maximum absolute atomic E-state index is 13.7. The summed E-state index contributed by atoms with van der Waals surface area (Å²) >= 11 is 0. The molecule has 0 N–H and O–H groups in total. The van der Waals surface area contributed by atoms with Crippen LogP contribution in [0.3, 0.4) is 0 Å². The van der Waals surface area contributed by atoms with Crippen molar-refractivity contribution in [1.82, 2.24) is 14.8 Å². The molecule has 0 radical (unpaired) electrons. The first-order chi connectivity index (χ1) is 15.9. The minimum Gasteiger partial charge on any atom is -0.497 e. The molecule has 0 spiro atoms. The number of ether oxygens (including phenoxy) is 2. The third-order valence-corrected chi connectivity index (χ3v) is 6.82. The normalized spacial score (nSPS) is 23.7. The first-order valence-corrected chi connectivity index (χ1v) is 11.9. The summed E-state index contributed by atoms with van der Waals surface area (Å²) in [5, 5.41) is 0.907. The van der Waals surface area contributed by atoms with Crippen LogP contribution in [0.25, 0.3) is 10.9 Å². The zero-order valence-corrected chi connectivity index (χ0v) is 19.6. The molecule has 2 atom stereocenters. The molecule has 3 heterocycles. The highest BCUT2D eigenvalue weighted by Gasteiger charge is 2.36. The van der Waals surface area contributed by atoms with E-state index in [0.29, 0.717) is 44.8 Å². The Labute approximate surface area is 194 Å². The van der Waals surface area contributed by atoms with Gasteiger partial charge in [-0.3, -0.25) is 14.6 Å². The number of methoxy groups -OCH3 is 1. The molecule has 0 unspecified atom stereocenters. The van der Waals surface area contributed by atoms with Crippen molar-refractivity contribution in [2.75, 3.05) is 51.3 Å². The largest absolute Gasteiger partial charge is 0.497 e. The zero-order chi connectivity index (χ0) is 23.1. The lowest BCUT2D eigenvalue weighted by Crippen LogP contribution is -2.51. The highest BCUT2D eigenvalue weighted by molar-refractivity contribution is 6.07. The molecule has 8 nitrogen and oxygen atoms in total. The molecule has 3 fully saturated rings. The van der Waals surface area contributed by atoms with E-state index >= 15 is 0 Å². The lowest BCUT2D eigenvalue weighted by Gasteiger charge is -2.39. The van der Waals surface area contributed by atoms with Crippen molar-refractivity contribution >= 4 is 28.4 Å². The molecule has 1 aliphatic carbocycles. The Kier molecular flexibility index (Phi) is 5.86.